The number of nitrogens with one attached hydrogen (secondary N) is 1. The number of methoxy groups -OCH3 is 1. The van der Waals surface area contributed by atoms with E-state index in [2.05, 4.69) is 4.98 Å². The number of fused-ring (bicyclic) bond motifs is 1. The molecule has 0 amide bonds. The lowest BCUT2D eigenvalue weighted by molar-refractivity contribution is -0.287. The van der Waals surface area contributed by atoms with Crippen LogP contribution in [0.25, 0.3) is 10.8 Å². The topological polar surface area (TPSA) is 182 Å². The van der Waals surface area contributed by atoms with Crippen LogP contribution in [0.3, 0.4) is 0 Å². The molecule has 0 radical (unpaired) electrons. The summed E-state index contributed by atoms with van der Waals surface area (Å²) in [4.78, 5) is 15.3. The SMILES string of the molecule is CCc1c[nH]cc1C[C@H](O)[C@H]1O[C@H](Oc2cc(OC)c(CO)c3cc(C)c(C(C)=O)c(O)c23)[C@H](O)[C@@H](O)[C@@H]1O. The molecule has 6 atom stereocenters. The summed E-state index contributed by atoms with van der Waals surface area (Å²) in [6.45, 7) is 4.46. The van der Waals surface area contributed by atoms with Crippen LogP contribution in [0.4, 0.5) is 0 Å². The Morgan fingerprint density at radius 2 is 1.79 bits per heavy atom. The predicted molar refractivity (Wildman–Crippen MR) is 140 cm³/mol. The Kier molecular flexibility index (Phi) is 8.50. The zero-order chi connectivity index (χ0) is 28.6. The van der Waals surface area contributed by atoms with Crippen molar-refractivity contribution >= 4 is 16.6 Å². The number of aromatic nitrogens is 1. The van der Waals surface area contributed by atoms with Crippen LogP contribution in [0.5, 0.6) is 17.2 Å². The molecule has 0 unspecified atom stereocenters. The minimum atomic E-state index is -1.74. The Hall–Kier alpha value is -3.19. The Labute approximate surface area is 225 Å². The van der Waals surface area contributed by atoms with Gasteiger partial charge in [-0.3, -0.25) is 4.79 Å². The van der Waals surface area contributed by atoms with Gasteiger partial charge in [0.25, 0.3) is 0 Å². The first-order chi connectivity index (χ1) is 18.5. The van der Waals surface area contributed by atoms with Gasteiger partial charge in [-0.1, -0.05) is 6.92 Å². The van der Waals surface area contributed by atoms with Gasteiger partial charge in [0.2, 0.25) is 6.29 Å². The van der Waals surface area contributed by atoms with E-state index in [0.29, 0.717) is 16.5 Å². The number of phenols is 1. The van der Waals surface area contributed by atoms with E-state index in [1.54, 1.807) is 19.2 Å². The molecule has 7 N–H and O–H groups in total. The van der Waals surface area contributed by atoms with Crippen LogP contribution in [0, 0.1) is 6.92 Å². The zero-order valence-electron chi connectivity index (χ0n) is 22.2. The largest absolute Gasteiger partial charge is 0.506 e. The Bertz CT molecular complexity index is 1350. The molecule has 2 aromatic carbocycles. The number of ketones is 1. The van der Waals surface area contributed by atoms with E-state index >= 15 is 0 Å². The molecule has 11 heteroatoms. The van der Waals surface area contributed by atoms with Gasteiger partial charge in [-0.25, -0.2) is 0 Å². The molecule has 1 saturated heterocycles. The third-order valence-electron chi connectivity index (χ3n) is 7.33. The first-order valence-corrected chi connectivity index (χ1v) is 12.7. The zero-order valence-corrected chi connectivity index (χ0v) is 22.2. The molecule has 212 valence electrons. The van der Waals surface area contributed by atoms with Crippen molar-refractivity contribution in [2.75, 3.05) is 7.11 Å². The van der Waals surface area contributed by atoms with Gasteiger partial charge >= 0.3 is 0 Å². The van der Waals surface area contributed by atoms with Gasteiger partial charge in [0.05, 0.1) is 30.8 Å². The first kappa shape index (κ1) is 28.8. The minimum Gasteiger partial charge on any atom is -0.506 e. The van der Waals surface area contributed by atoms with Crippen LogP contribution in [0.1, 0.15) is 46.5 Å². The van der Waals surface area contributed by atoms with Crippen molar-refractivity contribution < 1.29 is 49.6 Å². The molecule has 11 nitrogen and oxygen atoms in total. The number of aromatic hydroxyl groups is 1. The Balaban J connectivity index is 1.75. The van der Waals surface area contributed by atoms with Crippen LogP contribution in [0.2, 0.25) is 0 Å². The molecule has 0 saturated carbocycles. The number of carbonyl (C=O) groups excluding carboxylic acids is 1. The monoisotopic (exact) mass is 545 g/mol. The molecule has 0 spiro atoms. The number of rotatable bonds is 9. The smallest absolute Gasteiger partial charge is 0.229 e. The van der Waals surface area contributed by atoms with Gasteiger partial charge in [0, 0.05) is 30.4 Å². The number of H-pyrrole nitrogens is 1. The van der Waals surface area contributed by atoms with Crippen molar-refractivity contribution in [2.45, 2.75) is 77.0 Å². The highest BCUT2D eigenvalue weighted by molar-refractivity contribution is 6.08. The number of aromatic amines is 1. The van der Waals surface area contributed by atoms with Crippen LogP contribution in [-0.2, 0) is 24.2 Å². The first-order valence-electron chi connectivity index (χ1n) is 12.7. The van der Waals surface area contributed by atoms with E-state index in [1.165, 1.54) is 20.1 Å². The minimum absolute atomic E-state index is 0.0495. The van der Waals surface area contributed by atoms with E-state index in [9.17, 15) is 35.4 Å². The van der Waals surface area contributed by atoms with Crippen molar-refractivity contribution in [3.63, 3.8) is 0 Å². The van der Waals surface area contributed by atoms with Crippen LogP contribution >= 0.6 is 0 Å². The van der Waals surface area contributed by atoms with Gasteiger partial charge in [-0.2, -0.15) is 0 Å². The van der Waals surface area contributed by atoms with Crippen molar-refractivity contribution in [3.05, 3.63) is 52.3 Å². The number of benzene rings is 2. The number of phenolic OH excluding ortho intramolecular Hbond substituents is 1. The average Bonchev–Trinajstić information content (AvgIpc) is 3.34. The van der Waals surface area contributed by atoms with Crippen molar-refractivity contribution in [1.29, 1.82) is 0 Å². The van der Waals surface area contributed by atoms with Gasteiger partial charge in [-0.15, -0.1) is 0 Å². The van der Waals surface area contributed by atoms with Gasteiger partial charge < -0.3 is 49.8 Å². The summed E-state index contributed by atoms with van der Waals surface area (Å²) < 4.78 is 17.2. The second-order valence-electron chi connectivity index (χ2n) is 9.80. The molecular formula is C28H35NO10. The summed E-state index contributed by atoms with van der Waals surface area (Å²) in [6.07, 6.45) is -4.91. The molecule has 39 heavy (non-hydrogen) atoms. The predicted octanol–water partition coefficient (Wildman–Crippen LogP) is 1.24. The highest BCUT2D eigenvalue weighted by Crippen LogP contribution is 2.44. The Morgan fingerprint density at radius 3 is 2.41 bits per heavy atom. The standard InChI is InChI=1S/C28H35NO10/c1-5-14-9-29-10-15(14)7-18(32)27-25(35)24(34)26(36)28(39-27)38-20-8-19(37-4)17(11-30)16-6-12(2)21(13(3)31)23(33)22(16)20/h6,8-10,18,24-30,32-36H,5,7,11H2,1-4H3/t18-,24-,25-,26+,27+,28-/m0/s1. The molecule has 0 aliphatic carbocycles. The number of carbonyl (C=O) groups is 1. The second-order valence-corrected chi connectivity index (χ2v) is 9.80. The molecule has 2 heterocycles. The van der Waals surface area contributed by atoms with E-state index in [4.69, 9.17) is 14.2 Å². The lowest BCUT2D eigenvalue weighted by Gasteiger charge is -2.42. The number of hydrogen-bond acceptors (Lipinski definition) is 10. The molecule has 1 aliphatic rings. The van der Waals surface area contributed by atoms with Crippen LogP contribution in [0.15, 0.2) is 24.5 Å². The van der Waals surface area contributed by atoms with Gasteiger partial charge in [-0.05, 0) is 48.4 Å². The second kappa shape index (κ2) is 11.5. The summed E-state index contributed by atoms with van der Waals surface area (Å²) in [6, 6.07) is 2.97. The number of aryl methyl sites for hydroxylation is 2. The fourth-order valence-corrected chi connectivity index (χ4v) is 5.28. The summed E-state index contributed by atoms with van der Waals surface area (Å²) in [5, 5.41) is 64.5. The maximum absolute atomic E-state index is 12.3. The van der Waals surface area contributed by atoms with Crippen molar-refractivity contribution in [1.82, 2.24) is 4.98 Å². The van der Waals surface area contributed by atoms with Gasteiger partial charge in [0.15, 0.2) is 5.78 Å². The molecule has 1 aliphatic heterocycles. The molecule has 3 aromatic rings. The summed E-state index contributed by atoms with van der Waals surface area (Å²) in [5.74, 6) is -0.659. The highest BCUT2D eigenvalue weighted by Gasteiger charge is 2.48. The number of Topliss-reactive ketones (excluding diaryl/α,β-unsaturated/α-hetero) is 1. The average molecular weight is 546 g/mol. The third kappa shape index (κ3) is 5.21. The fourth-order valence-electron chi connectivity index (χ4n) is 5.28. The van der Waals surface area contributed by atoms with E-state index < -0.39 is 54.9 Å². The lowest BCUT2D eigenvalue weighted by atomic mass is 9.91. The maximum atomic E-state index is 12.3. The molecule has 1 aromatic heterocycles. The van der Waals surface area contributed by atoms with E-state index in [-0.39, 0.29) is 28.9 Å². The maximum Gasteiger partial charge on any atom is 0.229 e. The van der Waals surface area contributed by atoms with E-state index in [1.807, 2.05) is 13.1 Å². The molecular weight excluding hydrogens is 510 g/mol. The normalized spacial score (nSPS) is 24.1. The summed E-state index contributed by atoms with van der Waals surface area (Å²) >= 11 is 0. The van der Waals surface area contributed by atoms with Crippen LogP contribution < -0.4 is 9.47 Å². The quantitative estimate of drug-likeness (QED) is 0.193. The number of hydrogen-bond donors (Lipinski definition) is 7. The molecule has 1 fully saturated rings. The summed E-state index contributed by atoms with van der Waals surface area (Å²) in [7, 11) is 1.38. The number of ether oxygens (including phenoxy) is 3. The third-order valence-corrected chi connectivity index (χ3v) is 7.33. The fraction of sp³-hybridized carbons (Fsp3) is 0.464. The summed E-state index contributed by atoms with van der Waals surface area (Å²) in [5.41, 5.74) is 2.64. The number of aliphatic hydroxyl groups is 5. The Morgan fingerprint density at radius 1 is 1.10 bits per heavy atom. The van der Waals surface area contributed by atoms with Crippen LogP contribution in [-0.4, -0.2) is 85.3 Å². The molecule has 0 bridgehead atoms. The number of aliphatic hydroxyl groups excluding tert-OH is 5. The van der Waals surface area contributed by atoms with Gasteiger partial charge in [0.1, 0.15) is 41.7 Å². The molecule has 4 rings (SSSR count). The van der Waals surface area contributed by atoms with E-state index in [0.717, 1.165) is 17.5 Å². The highest BCUT2D eigenvalue weighted by atomic mass is 16.7. The van der Waals surface area contributed by atoms with Crippen molar-refractivity contribution in [2.24, 2.45) is 0 Å². The van der Waals surface area contributed by atoms with Crippen molar-refractivity contribution in [3.8, 4) is 17.2 Å². The lowest BCUT2D eigenvalue weighted by Crippen LogP contribution is -2.62.